The van der Waals surface area contributed by atoms with Crippen molar-refractivity contribution in [2.45, 2.75) is 26.9 Å². The van der Waals surface area contributed by atoms with E-state index >= 15 is 0 Å². The molecule has 2 aliphatic rings. The molecule has 0 radical (unpaired) electrons. The summed E-state index contributed by atoms with van der Waals surface area (Å²) in [6, 6.07) is 9.22. The van der Waals surface area contributed by atoms with Gasteiger partial charge in [0, 0.05) is 13.1 Å². The van der Waals surface area contributed by atoms with E-state index in [1.807, 2.05) is 32.0 Å². The molecule has 4 rings (SSSR count). The van der Waals surface area contributed by atoms with Gasteiger partial charge in [0.05, 0.1) is 21.2 Å². The molecule has 2 aromatic carbocycles. The van der Waals surface area contributed by atoms with Gasteiger partial charge in [0.25, 0.3) is 0 Å². The van der Waals surface area contributed by atoms with Gasteiger partial charge in [0.1, 0.15) is 18.2 Å². The molecular formula is C20H17Cl2NO3. The Morgan fingerprint density at radius 1 is 1.15 bits per heavy atom. The second kappa shape index (κ2) is 6.62. The van der Waals surface area contributed by atoms with Crippen molar-refractivity contribution in [3.8, 4) is 11.5 Å². The van der Waals surface area contributed by atoms with Crippen LogP contribution in [0.4, 0.5) is 0 Å². The third-order valence-electron chi connectivity index (χ3n) is 4.50. The molecule has 2 aromatic rings. The Bertz CT molecular complexity index is 948. The lowest BCUT2D eigenvalue weighted by Gasteiger charge is -2.29. The first-order valence-electron chi connectivity index (χ1n) is 8.29. The molecule has 4 nitrogen and oxygen atoms in total. The molecule has 0 spiro atoms. The van der Waals surface area contributed by atoms with E-state index in [9.17, 15) is 4.79 Å². The fourth-order valence-corrected chi connectivity index (χ4v) is 3.54. The van der Waals surface area contributed by atoms with Crippen LogP contribution >= 0.6 is 23.2 Å². The molecule has 26 heavy (non-hydrogen) atoms. The highest BCUT2D eigenvalue weighted by atomic mass is 35.5. The molecule has 0 N–H and O–H groups in total. The fourth-order valence-electron chi connectivity index (χ4n) is 3.22. The molecule has 134 valence electrons. The lowest BCUT2D eigenvalue weighted by atomic mass is 10.0. The predicted octanol–water partition coefficient (Wildman–Crippen LogP) is 5.21. The van der Waals surface area contributed by atoms with Gasteiger partial charge >= 0.3 is 0 Å². The van der Waals surface area contributed by atoms with Crippen LogP contribution in [0.15, 0.2) is 41.7 Å². The monoisotopic (exact) mass is 389 g/mol. The number of fused-ring (bicyclic) bond motifs is 3. The molecule has 0 fully saturated rings. The summed E-state index contributed by atoms with van der Waals surface area (Å²) in [5, 5.41) is 1.07. The zero-order chi connectivity index (χ0) is 18.4. The van der Waals surface area contributed by atoms with Gasteiger partial charge < -0.3 is 9.47 Å². The van der Waals surface area contributed by atoms with Crippen LogP contribution in [0, 0.1) is 0 Å². The van der Waals surface area contributed by atoms with Crippen molar-refractivity contribution in [2.75, 3.05) is 6.73 Å². The smallest absolute Gasteiger partial charge is 0.231 e. The molecule has 0 saturated carbocycles. The van der Waals surface area contributed by atoms with E-state index in [2.05, 4.69) is 4.90 Å². The van der Waals surface area contributed by atoms with Gasteiger partial charge in [0.2, 0.25) is 5.78 Å². The maximum atomic E-state index is 12.5. The Morgan fingerprint density at radius 3 is 2.69 bits per heavy atom. The highest BCUT2D eigenvalue weighted by Gasteiger charge is 2.34. The molecule has 6 heteroatoms. The normalized spacial score (nSPS) is 16.0. The minimum absolute atomic E-state index is 0.0654. The number of ether oxygens (including phenoxy) is 2. The number of carbonyl (C=O) groups is 1. The average Bonchev–Trinajstić information content (AvgIpc) is 2.96. The number of rotatable bonds is 2. The summed E-state index contributed by atoms with van der Waals surface area (Å²) in [4.78, 5) is 14.6. The van der Waals surface area contributed by atoms with Gasteiger partial charge in [-0.3, -0.25) is 9.69 Å². The zero-order valence-electron chi connectivity index (χ0n) is 14.4. The van der Waals surface area contributed by atoms with Gasteiger partial charge in [-0.1, -0.05) is 29.3 Å². The molecule has 0 unspecified atom stereocenters. The topological polar surface area (TPSA) is 38.8 Å². The van der Waals surface area contributed by atoms with E-state index in [4.69, 9.17) is 32.7 Å². The highest BCUT2D eigenvalue weighted by Crippen LogP contribution is 2.42. The number of ketones is 1. The molecule has 0 amide bonds. The van der Waals surface area contributed by atoms with Gasteiger partial charge in [-0.15, -0.1) is 0 Å². The van der Waals surface area contributed by atoms with Crippen LogP contribution in [-0.2, 0) is 13.1 Å². The second-order valence-corrected chi connectivity index (χ2v) is 7.50. The predicted molar refractivity (Wildman–Crippen MR) is 101 cm³/mol. The third-order valence-corrected chi connectivity index (χ3v) is 5.24. The summed E-state index contributed by atoms with van der Waals surface area (Å²) in [5.41, 5.74) is 3.41. The first-order chi connectivity index (χ1) is 12.4. The van der Waals surface area contributed by atoms with E-state index in [1.54, 1.807) is 12.1 Å². The molecule has 0 aromatic heterocycles. The van der Waals surface area contributed by atoms with E-state index in [1.165, 1.54) is 0 Å². The molecule has 0 bridgehead atoms. The molecule has 0 saturated heterocycles. The SMILES string of the molecule is CC(C)=C1Oc2c(ccc3c2CN(Cc2ccc(Cl)c(Cl)c2)CO3)C1=O. The standard InChI is InChI=1S/C20H17Cl2NO3/c1-11(2)19-18(24)13-4-6-17-14(20(13)26-19)9-23(10-25-17)8-12-3-5-15(21)16(22)7-12/h3-7H,8-10H2,1-2H3. The van der Waals surface area contributed by atoms with Gasteiger partial charge in [-0.25, -0.2) is 0 Å². The Kier molecular flexibility index (Phi) is 4.43. The fraction of sp³-hybridized carbons (Fsp3) is 0.250. The summed E-state index contributed by atoms with van der Waals surface area (Å²) < 4.78 is 11.8. The van der Waals surface area contributed by atoms with E-state index in [0.29, 0.717) is 46.9 Å². The first kappa shape index (κ1) is 17.4. The van der Waals surface area contributed by atoms with Crippen molar-refractivity contribution < 1.29 is 14.3 Å². The number of Topliss-reactive ketones (excluding diaryl/α,β-unsaturated/α-hetero) is 1. The molecule has 0 atom stereocenters. The van der Waals surface area contributed by atoms with Crippen molar-refractivity contribution in [1.82, 2.24) is 4.90 Å². The first-order valence-corrected chi connectivity index (χ1v) is 9.04. The number of hydrogen-bond acceptors (Lipinski definition) is 4. The van der Waals surface area contributed by atoms with Crippen molar-refractivity contribution in [2.24, 2.45) is 0 Å². The molecule has 2 aliphatic heterocycles. The number of allylic oxidation sites excluding steroid dienone is 2. The summed E-state index contributed by atoms with van der Waals surface area (Å²) in [6.07, 6.45) is 0. The van der Waals surface area contributed by atoms with Gasteiger partial charge in [0.15, 0.2) is 5.76 Å². The quantitative estimate of drug-likeness (QED) is 0.660. The van der Waals surface area contributed by atoms with Crippen molar-refractivity contribution in [1.29, 1.82) is 0 Å². The molecular weight excluding hydrogens is 373 g/mol. The van der Waals surface area contributed by atoms with Gasteiger partial charge in [-0.2, -0.15) is 0 Å². The van der Waals surface area contributed by atoms with Crippen LogP contribution in [0.2, 0.25) is 10.0 Å². The number of carbonyl (C=O) groups excluding carboxylic acids is 1. The maximum Gasteiger partial charge on any atom is 0.231 e. The number of benzene rings is 2. The Hall–Kier alpha value is -2.01. The summed E-state index contributed by atoms with van der Waals surface area (Å²) in [6.45, 7) is 5.48. The number of hydrogen-bond donors (Lipinski definition) is 0. The number of nitrogens with zero attached hydrogens (tertiary/aromatic N) is 1. The van der Waals surface area contributed by atoms with Crippen LogP contribution in [0.1, 0.15) is 35.3 Å². The third kappa shape index (κ3) is 2.98. The second-order valence-electron chi connectivity index (χ2n) is 6.69. The van der Waals surface area contributed by atoms with Crippen LogP contribution in [0.25, 0.3) is 0 Å². The summed E-state index contributed by atoms with van der Waals surface area (Å²) in [5.74, 6) is 1.72. The van der Waals surface area contributed by atoms with Crippen LogP contribution < -0.4 is 9.47 Å². The van der Waals surface area contributed by atoms with Crippen LogP contribution in [0.5, 0.6) is 11.5 Å². The van der Waals surface area contributed by atoms with Crippen molar-refractivity contribution in [3.05, 3.63) is 68.4 Å². The Morgan fingerprint density at radius 2 is 1.96 bits per heavy atom. The lowest BCUT2D eigenvalue weighted by molar-refractivity contribution is 0.0872. The molecule has 0 aliphatic carbocycles. The largest absolute Gasteiger partial charge is 0.478 e. The Labute approximate surface area is 161 Å². The summed E-state index contributed by atoms with van der Waals surface area (Å²) in [7, 11) is 0. The minimum atomic E-state index is -0.0654. The minimum Gasteiger partial charge on any atom is -0.478 e. The van der Waals surface area contributed by atoms with E-state index in [0.717, 1.165) is 22.4 Å². The van der Waals surface area contributed by atoms with Crippen LogP contribution in [0.3, 0.4) is 0 Å². The number of halogens is 2. The average molecular weight is 390 g/mol. The molecule has 2 heterocycles. The van der Waals surface area contributed by atoms with E-state index in [-0.39, 0.29) is 5.78 Å². The zero-order valence-corrected chi connectivity index (χ0v) is 15.9. The summed E-state index contributed by atoms with van der Waals surface area (Å²) >= 11 is 12.1. The van der Waals surface area contributed by atoms with Crippen molar-refractivity contribution in [3.63, 3.8) is 0 Å². The van der Waals surface area contributed by atoms with Crippen molar-refractivity contribution >= 4 is 29.0 Å². The van der Waals surface area contributed by atoms with Gasteiger partial charge in [-0.05, 0) is 49.2 Å². The highest BCUT2D eigenvalue weighted by molar-refractivity contribution is 6.42. The lowest BCUT2D eigenvalue weighted by Crippen LogP contribution is -2.31. The Balaban J connectivity index is 1.62. The maximum absolute atomic E-state index is 12.5. The van der Waals surface area contributed by atoms with Crippen LogP contribution in [-0.4, -0.2) is 17.4 Å². The van der Waals surface area contributed by atoms with E-state index < -0.39 is 0 Å².